The number of methoxy groups -OCH3 is 1. The number of hydroxylamine groups is 1. The number of hydrogen-bond donors (Lipinski definition) is 3. The number of hydrogen-bond acceptors (Lipinski definition) is 12. The molecule has 0 atom stereocenters. The molecule has 1 aromatic carbocycles. The number of thiophene rings is 1. The maximum absolute atomic E-state index is 13.1. The van der Waals surface area contributed by atoms with Crippen molar-refractivity contribution in [1.82, 2.24) is 25.4 Å². The third-order valence-corrected chi connectivity index (χ3v) is 8.24. The van der Waals surface area contributed by atoms with Crippen LogP contribution in [-0.4, -0.2) is 72.9 Å². The molecular formula is C24H23N7O6S2. The molecule has 3 N–H and O–H groups in total. The third kappa shape index (κ3) is 5.96. The lowest BCUT2D eigenvalue weighted by molar-refractivity contribution is -0.124. The van der Waals surface area contributed by atoms with Crippen molar-refractivity contribution in [2.45, 2.75) is 4.90 Å². The third-order valence-electron chi connectivity index (χ3n) is 5.70. The number of sulfonamides is 1. The highest BCUT2D eigenvalue weighted by Gasteiger charge is 2.22. The number of carbonyl (C=O) groups excluding carboxylic acids is 1. The SMILES string of the molecule is COc1ncc(-c2nc(N3CCOCC3)c3sc(NS(=O)(=O)c4ccc(C=CC(=O)NO)cc4)cc3n2)cn1. The lowest BCUT2D eigenvalue weighted by atomic mass is 10.2. The van der Waals surface area contributed by atoms with Crippen LogP contribution >= 0.6 is 11.3 Å². The summed E-state index contributed by atoms with van der Waals surface area (Å²) in [4.78, 5) is 31.0. The molecule has 3 aromatic heterocycles. The number of nitrogens with zero attached hydrogens (tertiary/aromatic N) is 5. The van der Waals surface area contributed by atoms with Crippen LogP contribution in [0.25, 0.3) is 27.7 Å². The van der Waals surface area contributed by atoms with E-state index in [-0.39, 0.29) is 10.9 Å². The average Bonchev–Trinajstić information content (AvgIpc) is 3.37. The predicted octanol–water partition coefficient (Wildman–Crippen LogP) is 2.31. The molecule has 1 aliphatic heterocycles. The Hall–Kier alpha value is -4.18. The van der Waals surface area contributed by atoms with Gasteiger partial charge in [-0.05, 0) is 29.8 Å². The van der Waals surface area contributed by atoms with Crippen LogP contribution in [0.5, 0.6) is 6.01 Å². The number of anilines is 2. The topological polar surface area (TPSA) is 169 Å². The maximum Gasteiger partial charge on any atom is 0.316 e. The molecule has 1 fully saturated rings. The summed E-state index contributed by atoms with van der Waals surface area (Å²) in [5, 5.41) is 8.95. The van der Waals surface area contributed by atoms with E-state index in [4.69, 9.17) is 19.7 Å². The van der Waals surface area contributed by atoms with Gasteiger partial charge in [0.05, 0.1) is 41.0 Å². The van der Waals surface area contributed by atoms with E-state index in [1.807, 2.05) is 0 Å². The first-order valence-corrected chi connectivity index (χ1v) is 13.9. The summed E-state index contributed by atoms with van der Waals surface area (Å²) in [6, 6.07) is 7.83. The van der Waals surface area contributed by atoms with Gasteiger partial charge in [0.25, 0.3) is 15.9 Å². The van der Waals surface area contributed by atoms with Gasteiger partial charge in [-0.2, -0.15) is 0 Å². The van der Waals surface area contributed by atoms with Crippen molar-refractivity contribution >= 4 is 54.4 Å². The Bertz CT molecular complexity index is 1620. The Morgan fingerprint density at radius 2 is 1.87 bits per heavy atom. The molecule has 15 heteroatoms. The van der Waals surface area contributed by atoms with Crippen LogP contribution in [-0.2, 0) is 19.6 Å². The van der Waals surface area contributed by atoms with Gasteiger partial charge in [0.2, 0.25) is 0 Å². The molecule has 39 heavy (non-hydrogen) atoms. The molecule has 13 nitrogen and oxygen atoms in total. The monoisotopic (exact) mass is 569 g/mol. The number of carbonyl (C=O) groups is 1. The van der Waals surface area contributed by atoms with Crippen molar-refractivity contribution in [2.75, 3.05) is 43.0 Å². The zero-order valence-electron chi connectivity index (χ0n) is 20.6. The van der Waals surface area contributed by atoms with Crippen LogP contribution in [0, 0.1) is 0 Å². The zero-order chi connectivity index (χ0) is 27.4. The van der Waals surface area contributed by atoms with Gasteiger partial charge in [-0.15, -0.1) is 11.3 Å². The number of fused-ring (bicyclic) bond motifs is 1. The fraction of sp³-hybridized carbons (Fsp3) is 0.208. The van der Waals surface area contributed by atoms with E-state index in [9.17, 15) is 13.2 Å². The molecule has 0 spiro atoms. The van der Waals surface area contributed by atoms with Gasteiger partial charge < -0.3 is 14.4 Å². The van der Waals surface area contributed by atoms with Gasteiger partial charge in [-0.25, -0.2) is 33.8 Å². The second-order valence-electron chi connectivity index (χ2n) is 8.24. The highest BCUT2D eigenvalue weighted by molar-refractivity contribution is 7.93. The fourth-order valence-corrected chi connectivity index (χ4v) is 6.08. The highest BCUT2D eigenvalue weighted by Crippen LogP contribution is 2.37. The number of aromatic nitrogens is 4. The molecule has 1 amide bonds. The maximum atomic E-state index is 13.1. The molecular weight excluding hydrogens is 546 g/mol. The quantitative estimate of drug-likeness (QED) is 0.162. The summed E-state index contributed by atoms with van der Waals surface area (Å²) in [7, 11) is -2.44. The van der Waals surface area contributed by atoms with Crippen molar-refractivity contribution in [2.24, 2.45) is 0 Å². The van der Waals surface area contributed by atoms with Crippen molar-refractivity contribution in [3.05, 3.63) is 54.4 Å². The highest BCUT2D eigenvalue weighted by atomic mass is 32.2. The van der Waals surface area contributed by atoms with E-state index in [0.29, 0.717) is 59.6 Å². The number of amides is 1. The summed E-state index contributed by atoms with van der Waals surface area (Å²) in [6.07, 6.45) is 5.71. The first-order valence-electron chi connectivity index (χ1n) is 11.6. The average molecular weight is 570 g/mol. The van der Waals surface area contributed by atoms with Gasteiger partial charge in [0, 0.05) is 31.6 Å². The normalized spacial score (nSPS) is 14.1. The minimum Gasteiger partial charge on any atom is -0.467 e. The Morgan fingerprint density at radius 3 is 2.54 bits per heavy atom. The molecule has 0 radical (unpaired) electrons. The first kappa shape index (κ1) is 26.4. The molecule has 0 saturated carbocycles. The summed E-state index contributed by atoms with van der Waals surface area (Å²) in [6.45, 7) is 2.36. The Labute approximate surface area is 227 Å². The molecule has 0 unspecified atom stereocenters. The van der Waals surface area contributed by atoms with Crippen molar-refractivity contribution < 1.29 is 27.9 Å². The molecule has 0 bridgehead atoms. The number of nitrogens with one attached hydrogen (secondary N) is 2. The summed E-state index contributed by atoms with van der Waals surface area (Å²) in [5.74, 6) is 0.380. The van der Waals surface area contributed by atoms with Crippen LogP contribution in [0.2, 0.25) is 0 Å². The number of rotatable bonds is 8. The zero-order valence-corrected chi connectivity index (χ0v) is 22.2. The predicted molar refractivity (Wildman–Crippen MR) is 144 cm³/mol. The van der Waals surface area contributed by atoms with Crippen LogP contribution in [0.4, 0.5) is 10.8 Å². The van der Waals surface area contributed by atoms with Crippen molar-refractivity contribution in [3.63, 3.8) is 0 Å². The van der Waals surface area contributed by atoms with Crippen molar-refractivity contribution in [1.29, 1.82) is 0 Å². The summed E-state index contributed by atoms with van der Waals surface area (Å²) >= 11 is 1.24. The van der Waals surface area contributed by atoms with Crippen LogP contribution in [0.3, 0.4) is 0 Å². The minimum absolute atomic E-state index is 0.0410. The minimum atomic E-state index is -3.92. The Morgan fingerprint density at radius 1 is 1.15 bits per heavy atom. The largest absolute Gasteiger partial charge is 0.467 e. The molecule has 1 saturated heterocycles. The van der Waals surface area contributed by atoms with Gasteiger partial charge in [0.1, 0.15) is 5.00 Å². The molecule has 1 aliphatic rings. The van der Waals surface area contributed by atoms with Crippen LogP contribution in [0.15, 0.2) is 53.7 Å². The van der Waals surface area contributed by atoms with E-state index < -0.39 is 15.9 Å². The fourth-order valence-electron chi connectivity index (χ4n) is 3.78. The van der Waals surface area contributed by atoms with E-state index in [0.717, 1.165) is 10.8 Å². The molecule has 5 rings (SSSR count). The first-order chi connectivity index (χ1) is 18.9. The smallest absolute Gasteiger partial charge is 0.316 e. The van der Waals surface area contributed by atoms with Gasteiger partial charge in [-0.1, -0.05) is 12.1 Å². The van der Waals surface area contributed by atoms with E-state index in [1.165, 1.54) is 42.1 Å². The van der Waals surface area contributed by atoms with Crippen molar-refractivity contribution in [3.8, 4) is 17.4 Å². The number of morpholine rings is 1. The molecule has 202 valence electrons. The lowest BCUT2D eigenvalue weighted by Gasteiger charge is -2.28. The number of benzene rings is 1. The summed E-state index contributed by atoms with van der Waals surface area (Å²) in [5.41, 5.74) is 3.23. The molecule has 4 aromatic rings. The standard InChI is InChI=1S/C24H23N7O6S2/c1-36-24-25-13-16(14-26-24)22-27-18-12-20(38-21(18)23(28-22)31-8-10-37-11-9-31)30-39(34,35)17-5-2-15(3-6-17)4-7-19(32)29-33/h2-7,12-14,30,33H,8-11H2,1H3,(H,29,32). The lowest BCUT2D eigenvalue weighted by Crippen LogP contribution is -2.36. The van der Waals surface area contributed by atoms with Crippen LogP contribution in [0.1, 0.15) is 5.56 Å². The van der Waals surface area contributed by atoms with E-state index >= 15 is 0 Å². The van der Waals surface area contributed by atoms with Crippen LogP contribution < -0.4 is 19.8 Å². The number of ether oxygens (including phenoxy) is 2. The molecule has 4 heterocycles. The summed E-state index contributed by atoms with van der Waals surface area (Å²) < 4.78 is 40.1. The van der Waals surface area contributed by atoms with E-state index in [2.05, 4.69) is 24.6 Å². The Balaban J connectivity index is 1.47. The van der Waals surface area contributed by atoms with E-state index in [1.54, 1.807) is 30.6 Å². The molecule has 0 aliphatic carbocycles. The second kappa shape index (κ2) is 11.3. The Kier molecular flexibility index (Phi) is 7.65. The second-order valence-corrected chi connectivity index (χ2v) is 11.0. The van der Waals surface area contributed by atoms with Gasteiger partial charge >= 0.3 is 6.01 Å². The van der Waals surface area contributed by atoms with Gasteiger partial charge in [0.15, 0.2) is 11.6 Å². The van der Waals surface area contributed by atoms with Gasteiger partial charge in [-0.3, -0.25) is 14.7 Å².